The van der Waals surface area contributed by atoms with Gasteiger partial charge in [-0.15, -0.1) is 0 Å². The third-order valence-electron chi connectivity index (χ3n) is 16.1. The van der Waals surface area contributed by atoms with E-state index in [0.717, 1.165) is 62.2 Å². The number of nitrogens with zero attached hydrogens (tertiary/aromatic N) is 2. The molecular weight excluding hydrogens is 957 g/mol. The second-order valence-corrected chi connectivity index (χ2v) is 20.9. The lowest BCUT2D eigenvalue weighted by Crippen LogP contribution is -2.10. The highest BCUT2D eigenvalue weighted by molar-refractivity contribution is 6.17. The number of anilines is 3. The van der Waals surface area contributed by atoms with Crippen LogP contribution in [0.15, 0.2) is 277 Å². The number of para-hydroxylation sites is 2. The Morgan fingerprint density at radius 2 is 0.924 bits per heavy atom. The minimum Gasteiger partial charge on any atom is -0.456 e. The number of aromatic nitrogens is 1. The van der Waals surface area contributed by atoms with Crippen molar-refractivity contribution in [2.24, 2.45) is 0 Å². The molecular formula is C76H56N2O. The maximum absolute atomic E-state index is 6.74. The number of aryl methyl sites for hydroxylation is 3. The first kappa shape index (κ1) is 47.5. The summed E-state index contributed by atoms with van der Waals surface area (Å²) in [6, 6.07) is 99.0. The molecule has 3 heteroatoms. The molecule has 1 aliphatic rings. The molecule has 15 rings (SSSR count). The lowest BCUT2D eigenvalue weighted by atomic mass is 9.92. The Morgan fingerprint density at radius 3 is 1.68 bits per heavy atom. The molecule has 3 nitrogen and oxygen atoms in total. The molecule has 0 bridgehead atoms. The summed E-state index contributed by atoms with van der Waals surface area (Å²) in [7, 11) is 0. The van der Waals surface area contributed by atoms with Crippen molar-refractivity contribution >= 4 is 60.8 Å². The van der Waals surface area contributed by atoms with Gasteiger partial charge in [-0.05, 0) is 184 Å². The van der Waals surface area contributed by atoms with Crippen LogP contribution in [0.4, 0.5) is 17.1 Å². The fourth-order valence-corrected chi connectivity index (χ4v) is 12.2. The van der Waals surface area contributed by atoms with Gasteiger partial charge in [-0.25, -0.2) is 0 Å². The van der Waals surface area contributed by atoms with Crippen LogP contribution in [0, 0.1) is 20.8 Å². The third-order valence-corrected chi connectivity index (χ3v) is 16.1. The van der Waals surface area contributed by atoms with E-state index in [-0.39, 0.29) is 0 Å². The van der Waals surface area contributed by atoms with Gasteiger partial charge in [0.1, 0.15) is 11.2 Å². The maximum atomic E-state index is 6.74. The summed E-state index contributed by atoms with van der Waals surface area (Å²) < 4.78 is 9.13. The highest BCUT2D eigenvalue weighted by Crippen LogP contribution is 2.47. The van der Waals surface area contributed by atoms with Crippen LogP contribution < -0.4 is 4.90 Å². The van der Waals surface area contributed by atoms with E-state index < -0.39 is 0 Å². The molecule has 0 radical (unpaired) electrons. The number of fused-ring (bicyclic) bond motifs is 9. The molecule has 0 unspecified atom stereocenters. The zero-order chi connectivity index (χ0) is 53.0. The summed E-state index contributed by atoms with van der Waals surface area (Å²) in [5, 5.41) is 4.64. The summed E-state index contributed by atoms with van der Waals surface area (Å²) >= 11 is 0. The molecule has 0 saturated carbocycles. The van der Waals surface area contributed by atoms with Crippen LogP contribution in [0.5, 0.6) is 0 Å². The standard InChI is InChI=1S/C69H48N2O.C7H8/c1-44-15-6-8-19-54(44)60-41-48(30-29-45(60)2)49-35-40-66-62(42-49)69-65(27-14-28-67(69)72-66)70(52-36-31-46(32-37-52)55-22-12-24-58-56-20-9-7-16-50(56)43-61(55)58)53-38-33-47(34-39-53)57-23-13-26-64-68(57)59-21-10-11-25-63(59)71(64)51-17-4-3-5-18-51;1-7-5-3-2-4-6-7/h3-42H,43H2,1-2H3;2-6H,1H3. The van der Waals surface area contributed by atoms with E-state index in [9.17, 15) is 0 Å². The first-order chi connectivity index (χ1) is 38.9. The van der Waals surface area contributed by atoms with Gasteiger partial charge in [0.05, 0.1) is 22.1 Å². The quantitative estimate of drug-likeness (QED) is 0.151. The molecule has 2 heterocycles. The fourth-order valence-electron chi connectivity index (χ4n) is 12.2. The zero-order valence-electron chi connectivity index (χ0n) is 44.5. The Hall–Kier alpha value is -9.96. The van der Waals surface area contributed by atoms with Crippen LogP contribution in [-0.4, -0.2) is 4.57 Å². The van der Waals surface area contributed by atoms with E-state index in [2.05, 4.69) is 285 Å². The Kier molecular flexibility index (Phi) is 11.9. The normalized spacial score (nSPS) is 11.7. The number of hydrogen-bond acceptors (Lipinski definition) is 2. The molecule has 0 fully saturated rings. The monoisotopic (exact) mass is 1010 g/mol. The van der Waals surface area contributed by atoms with Crippen LogP contribution >= 0.6 is 0 Å². The third kappa shape index (κ3) is 8.48. The molecule has 2 aromatic heterocycles. The van der Waals surface area contributed by atoms with E-state index in [1.807, 2.05) is 18.2 Å². The topological polar surface area (TPSA) is 21.3 Å². The molecule has 0 aliphatic heterocycles. The van der Waals surface area contributed by atoms with Crippen molar-refractivity contribution in [2.75, 3.05) is 4.90 Å². The number of rotatable bonds is 8. The van der Waals surface area contributed by atoms with Gasteiger partial charge in [0.2, 0.25) is 0 Å². The van der Waals surface area contributed by atoms with Gasteiger partial charge in [-0.1, -0.05) is 200 Å². The molecule has 1 aliphatic carbocycles. The van der Waals surface area contributed by atoms with Gasteiger partial charge in [0.15, 0.2) is 0 Å². The second-order valence-electron chi connectivity index (χ2n) is 20.9. The van der Waals surface area contributed by atoms with E-state index in [1.54, 1.807) is 0 Å². The molecule has 0 saturated heterocycles. The van der Waals surface area contributed by atoms with Crippen LogP contribution in [0.3, 0.4) is 0 Å². The molecule has 0 N–H and O–H groups in total. The minimum atomic E-state index is 0.850. The van der Waals surface area contributed by atoms with Gasteiger partial charge in [0, 0.05) is 33.2 Å². The lowest BCUT2D eigenvalue weighted by Gasteiger charge is -2.27. The van der Waals surface area contributed by atoms with Crippen molar-refractivity contribution in [3.63, 3.8) is 0 Å². The molecule has 0 amide bonds. The van der Waals surface area contributed by atoms with Crippen molar-refractivity contribution < 1.29 is 4.42 Å². The number of hydrogen-bond donors (Lipinski definition) is 0. The lowest BCUT2D eigenvalue weighted by molar-refractivity contribution is 0.669. The van der Waals surface area contributed by atoms with Gasteiger partial charge in [-0.3, -0.25) is 0 Å². The van der Waals surface area contributed by atoms with Crippen LogP contribution in [0.1, 0.15) is 27.8 Å². The maximum Gasteiger partial charge on any atom is 0.137 e. The highest BCUT2D eigenvalue weighted by atomic mass is 16.3. The summed E-state index contributed by atoms with van der Waals surface area (Å²) in [6.45, 7) is 6.48. The predicted octanol–water partition coefficient (Wildman–Crippen LogP) is 21.0. The van der Waals surface area contributed by atoms with Crippen molar-refractivity contribution in [3.05, 3.63) is 301 Å². The number of benzene rings is 12. The fraction of sp³-hybridized carbons (Fsp3) is 0.0526. The van der Waals surface area contributed by atoms with Crippen molar-refractivity contribution in [2.45, 2.75) is 27.2 Å². The van der Waals surface area contributed by atoms with Gasteiger partial charge in [0.25, 0.3) is 0 Å². The molecule has 376 valence electrons. The van der Waals surface area contributed by atoms with E-state index in [0.29, 0.717) is 0 Å². The van der Waals surface area contributed by atoms with Gasteiger partial charge >= 0.3 is 0 Å². The zero-order valence-corrected chi connectivity index (χ0v) is 44.5. The summed E-state index contributed by atoms with van der Waals surface area (Å²) in [5.74, 6) is 0. The molecule has 0 atom stereocenters. The Labute approximate surface area is 461 Å². The average molecular weight is 1010 g/mol. The Bertz CT molecular complexity index is 4580. The van der Waals surface area contributed by atoms with Gasteiger partial charge in [-0.2, -0.15) is 0 Å². The summed E-state index contributed by atoms with van der Waals surface area (Å²) in [5.41, 5.74) is 27.4. The molecule has 12 aromatic carbocycles. The van der Waals surface area contributed by atoms with Crippen molar-refractivity contribution in [1.29, 1.82) is 0 Å². The average Bonchev–Trinajstić information content (AvgIpc) is 4.31. The van der Waals surface area contributed by atoms with Crippen molar-refractivity contribution in [1.82, 2.24) is 4.57 Å². The first-order valence-corrected chi connectivity index (χ1v) is 27.4. The Balaban J connectivity index is 0.000000751. The van der Waals surface area contributed by atoms with Crippen molar-refractivity contribution in [3.8, 4) is 61.3 Å². The largest absolute Gasteiger partial charge is 0.456 e. The van der Waals surface area contributed by atoms with Crippen LogP contribution in [-0.2, 0) is 6.42 Å². The van der Waals surface area contributed by atoms with Crippen LogP contribution in [0.2, 0.25) is 0 Å². The minimum absolute atomic E-state index is 0.850. The van der Waals surface area contributed by atoms with E-state index in [4.69, 9.17) is 4.42 Å². The molecule has 14 aromatic rings. The first-order valence-electron chi connectivity index (χ1n) is 27.4. The summed E-state index contributed by atoms with van der Waals surface area (Å²) in [6.07, 6.45) is 0.940. The van der Waals surface area contributed by atoms with E-state index >= 15 is 0 Å². The van der Waals surface area contributed by atoms with Crippen LogP contribution in [0.25, 0.3) is 105 Å². The summed E-state index contributed by atoms with van der Waals surface area (Å²) in [4.78, 5) is 2.41. The highest BCUT2D eigenvalue weighted by Gasteiger charge is 2.24. The number of furan rings is 1. The SMILES string of the molecule is Cc1ccccc1.Cc1ccccc1-c1cc(-c2ccc3oc4cccc(N(c5ccc(-c6cccc7c6Cc6ccccc6-7)cc5)c5ccc(-c6cccc7c6c6ccccc6n7-c6ccccc6)cc5)c4c3c2)ccc1C. The smallest absolute Gasteiger partial charge is 0.137 e. The van der Waals surface area contributed by atoms with E-state index in [1.165, 1.54) is 94.1 Å². The predicted molar refractivity (Wildman–Crippen MR) is 333 cm³/mol. The molecule has 0 spiro atoms. The molecule has 79 heavy (non-hydrogen) atoms. The Morgan fingerprint density at radius 1 is 0.354 bits per heavy atom. The van der Waals surface area contributed by atoms with Gasteiger partial charge < -0.3 is 13.9 Å². The second kappa shape index (κ2) is 19.9.